The van der Waals surface area contributed by atoms with E-state index in [1.165, 1.54) is 6.08 Å². The van der Waals surface area contributed by atoms with Gasteiger partial charge in [-0.15, -0.1) is 0 Å². The number of hydrogen-bond donors (Lipinski definition) is 1. The lowest BCUT2D eigenvalue weighted by atomic mass is 10.1. The maximum atomic E-state index is 12.8. The monoisotopic (exact) mass is 414 g/mol. The van der Waals surface area contributed by atoms with Crippen molar-refractivity contribution in [1.82, 2.24) is 5.32 Å². The molecule has 2 aromatic carbocycles. The molecule has 7 heteroatoms. The number of rotatable bonds is 3. The van der Waals surface area contributed by atoms with Gasteiger partial charge in [-0.3, -0.25) is 14.9 Å². The van der Waals surface area contributed by atoms with Crippen molar-refractivity contribution in [3.63, 3.8) is 0 Å². The minimum atomic E-state index is -0.765. The van der Waals surface area contributed by atoms with Crippen molar-refractivity contribution in [1.29, 1.82) is 0 Å². The molecule has 1 aliphatic heterocycles. The molecule has 0 aromatic heterocycles. The summed E-state index contributed by atoms with van der Waals surface area (Å²) >= 11 is 3.36. The molecular formula is C19H15BrN2O4. The molecule has 0 saturated carbocycles. The van der Waals surface area contributed by atoms with E-state index < -0.39 is 17.8 Å². The third-order valence-electron chi connectivity index (χ3n) is 3.85. The highest BCUT2D eigenvalue weighted by atomic mass is 79.9. The largest absolute Gasteiger partial charge is 0.496 e. The first kappa shape index (κ1) is 17.9. The van der Waals surface area contributed by atoms with Gasteiger partial charge in [0.2, 0.25) is 0 Å². The number of urea groups is 1. The summed E-state index contributed by atoms with van der Waals surface area (Å²) in [5.74, 6) is -0.768. The van der Waals surface area contributed by atoms with Gasteiger partial charge in [0.15, 0.2) is 0 Å². The molecule has 6 nitrogen and oxygen atoms in total. The van der Waals surface area contributed by atoms with Gasteiger partial charge in [0, 0.05) is 0 Å². The molecule has 1 N–H and O–H groups in total. The molecule has 1 saturated heterocycles. The van der Waals surface area contributed by atoms with Crippen LogP contribution in [0.5, 0.6) is 5.75 Å². The molecule has 4 amide bonds. The van der Waals surface area contributed by atoms with Crippen molar-refractivity contribution >= 4 is 45.5 Å². The average molecular weight is 415 g/mol. The fourth-order valence-electron chi connectivity index (χ4n) is 2.60. The first-order chi connectivity index (χ1) is 12.4. The Morgan fingerprint density at radius 1 is 1.12 bits per heavy atom. The van der Waals surface area contributed by atoms with Gasteiger partial charge in [-0.05, 0) is 64.3 Å². The lowest BCUT2D eigenvalue weighted by molar-refractivity contribution is -0.122. The number of anilines is 1. The topological polar surface area (TPSA) is 75.7 Å². The molecule has 132 valence electrons. The Morgan fingerprint density at radius 2 is 1.88 bits per heavy atom. The van der Waals surface area contributed by atoms with Crippen molar-refractivity contribution in [3.05, 3.63) is 63.6 Å². The van der Waals surface area contributed by atoms with Crippen LogP contribution in [0.25, 0.3) is 6.08 Å². The van der Waals surface area contributed by atoms with Crippen molar-refractivity contribution < 1.29 is 19.1 Å². The van der Waals surface area contributed by atoms with Gasteiger partial charge in [0.25, 0.3) is 11.8 Å². The van der Waals surface area contributed by atoms with Crippen LogP contribution in [0.4, 0.5) is 10.5 Å². The minimum absolute atomic E-state index is 0.122. The van der Waals surface area contributed by atoms with E-state index in [1.54, 1.807) is 43.5 Å². The lowest BCUT2D eigenvalue weighted by Gasteiger charge is -2.26. The smallest absolute Gasteiger partial charge is 0.335 e. The van der Waals surface area contributed by atoms with E-state index >= 15 is 0 Å². The molecule has 0 unspecified atom stereocenters. The summed E-state index contributed by atoms with van der Waals surface area (Å²) in [6.07, 6.45) is 1.44. The molecule has 0 radical (unpaired) electrons. The Kier molecular flexibility index (Phi) is 4.90. The van der Waals surface area contributed by atoms with Crippen molar-refractivity contribution in [3.8, 4) is 5.75 Å². The van der Waals surface area contributed by atoms with E-state index in [2.05, 4.69) is 21.2 Å². The highest BCUT2D eigenvalue weighted by Crippen LogP contribution is 2.28. The van der Waals surface area contributed by atoms with Crippen LogP contribution in [-0.2, 0) is 9.59 Å². The fraction of sp³-hybridized carbons (Fsp3) is 0.105. The molecule has 0 spiro atoms. The number of barbiturate groups is 1. The van der Waals surface area contributed by atoms with Crippen LogP contribution in [-0.4, -0.2) is 25.0 Å². The molecule has 0 bridgehead atoms. The number of nitrogens with one attached hydrogen (secondary N) is 1. The number of amides is 4. The number of carbonyl (C=O) groups excluding carboxylic acids is 3. The fourth-order valence-corrected chi connectivity index (χ4v) is 3.16. The van der Waals surface area contributed by atoms with E-state index in [0.29, 0.717) is 21.5 Å². The number of methoxy groups -OCH3 is 1. The minimum Gasteiger partial charge on any atom is -0.496 e. The van der Waals surface area contributed by atoms with E-state index in [9.17, 15) is 14.4 Å². The molecule has 26 heavy (non-hydrogen) atoms. The second kappa shape index (κ2) is 7.13. The Labute approximate surface area is 158 Å². The zero-order chi connectivity index (χ0) is 18.8. The Morgan fingerprint density at radius 3 is 2.54 bits per heavy atom. The van der Waals surface area contributed by atoms with Gasteiger partial charge < -0.3 is 4.74 Å². The standard InChI is InChI=1S/C19H15BrN2O4/c1-11-4-3-5-13(8-11)22-18(24)14(17(23)21-19(22)25)9-12-6-7-16(26-2)15(20)10-12/h3-10H,1-2H3,(H,21,23,25). The normalized spacial score (nSPS) is 16.0. The molecular weight excluding hydrogens is 400 g/mol. The number of hydrogen-bond acceptors (Lipinski definition) is 4. The number of carbonyl (C=O) groups is 3. The highest BCUT2D eigenvalue weighted by Gasteiger charge is 2.36. The molecule has 1 heterocycles. The summed E-state index contributed by atoms with van der Waals surface area (Å²) in [6.45, 7) is 1.85. The first-order valence-corrected chi connectivity index (χ1v) is 8.51. The van der Waals surface area contributed by atoms with Crippen LogP contribution in [0.2, 0.25) is 0 Å². The Bertz CT molecular complexity index is 952. The van der Waals surface area contributed by atoms with Gasteiger partial charge in [-0.25, -0.2) is 9.69 Å². The Hall–Kier alpha value is -2.93. The van der Waals surface area contributed by atoms with Crippen LogP contribution < -0.4 is 15.0 Å². The zero-order valence-corrected chi connectivity index (χ0v) is 15.7. The van der Waals surface area contributed by atoms with Crippen molar-refractivity contribution in [2.24, 2.45) is 0 Å². The third kappa shape index (κ3) is 3.39. The average Bonchev–Trinajstić information content (AvgIpc) is 2.58. The Balaban J connectivity index is 2.01. The lowest BCUT2D eigenvalue weighted by Crippen LogP contribution is -2.54. The third-order valence-corrected chi connectivity index (χ3v) is 4.47. The van der Waals surface area contributed by atoms with Crippen LogP contribution >= 0.6 is 15.9 Å². The molecule has 0 aliphatic carbocycles. The highest BCUT2D eigenvalue weighted by molar-refractivity contribution is 9.10. The molecule has 3 rings (SSSR count). The van der Waals surface area contributed by atoms with Gasteiger partial charge in [0.05, 0.1) is 17.3 Å². The second-order valence-corrected chi connectivity index (χ2v) is 6.55. The number of halogens is 1. The number of ether oxygens (including phenoxy) is 1. The van der Waals surface area contributed by atoms with E-state index in [0.717, 1.165) is 10.5 Å². The van der Waals surface area contributed by atoms with Crippen LogP contribution in [0.3, 0.4) is 0 Å². The van der Waals surface area contributed by atoms with E-state index in [-0.39, 0.29) is 5.57 Å². The van der Waals surface area contributed by atoms with Gasteiger partial charge in [-0.1, -0.05) is 18.2 Å². The molecule has 2 aromatic rings. The molecule has 1 fully saturated rings. The number of aryl methyl sites for hydroxylation is 1. The number of nitrogens with zero attached hydrogens (tertiary/aromatic N) is 1. The summed E-state index contributed by atoms with van der Waals surface area (Å²) in [6, 6.07) is 11.3. The summed E-state index contributed by atoms with van der Waals surface area (Å²) in [5.41, 5.74) is 1.80. The predicted molar refractivity (Wildman–Crippen MR) is 101 cm³/mol. The summed E-state index contributed by atoms with van der Waals surface area (Å²) in [5, 5.41) is 2.21. The van der Waals surface area contributed by atoms with E-state index in [1.807, 2.05) is 13.0 Å². The summed E-state index contributed by atoms with van der Waals surface area (Å²) < 4.78 is 5.85. The van der Waals surface area contributed by atoms with E-state index in [4.69, 9.17) is 4.74 Å². The summed E-state index contributed by atoms with van der Waals surface area (Å²) in [4.78, 5) is 38.1. The first-order valence-electron chi connectivity index (χ1n) is 7.72. The maximum Gasteiger partial charge on any atom is 0.335 e. The van der Waals surface area contributed by atoms with Crippen molar-refractivity contribution in [2.45, 2.75) is 6.92 Å². The van der Waals surface area contributed by atoms with Gasteiger partial charge >= 0.3 is 6.03 Å². The SMILES string of the molecule is COc1ccc(C=C2C(=O)NC(=O)N(c3cccc(C)c3)C2=O)cc1Br. The predicted octanol–water partition coefficient (Wildman–Crippen LogP) is 3.43. The van der Waals surface area contributed by atoms with Crippen molar-refractivity contribution in [2.75, 3.05) is 12.0 Å². The molecule has 0 atom stereocenters. The second-order valence-electron chi connectivity index (χ2n) is 5.69. The maximum absolute atomic E-state index is 12.8. The van der Waals surface area contributed by atoms with Gasteiger partial charge in [-0.2, -0.15) is 0 Å². The summed E-state index contributed by atoms with van der Waals surface area (Å²) in [7, 11) is 1.54. The number of benzene rings is 2. The molecule has 1 aliphatic rings. The quantitative estimate of drug-likeness (QED) is 0.616. The number of imide groups is 2. The van der Waals surface area contributed by atoms with Crippen LogP contribution in [0, 0.1) is 6.92 Å². The van der Waals surface area contributed by atoms with Gasteiger partial charge in [0.1, 0.15) is 11.3 Å². The van der Waals surface area contributed by atoms with Crippen LogP contribution in [0.1, 0.15) is 11.1 Å². The zero-order valence-electron chi connectivity index (χ0n) is 14.1. The van der Waals surface area contributed by atoms with Crippen LogP contribution in [0.15, 0.2) is 52.5 Å².